The van der Waals surface area contributed by atoms with E-state index in [2.05, 4.69) is 11.4 Å². The number of nitrogens with one attached hydrogen (secondary N) is 1. The molecule has 96 valence electrons. The number of amides is 1. The van der Waals surface area contributed by atoms with E-state index in [1.54, 1.807) is 32.0 Å². The fourth-order valence-corrected chi connectivity index (χ4v) is 1.85. The Morgan fingerprint density at radius 1 is 1.32 bits per heavy atom. The van der Waals surface area contributed by atoms with E-state index < -0.39 is 0 Å². The van der Waals surface area contributed by atoms with Crippen LogP contribution in [0.2, 0.25) is 0 Å². The summed E-state index contributed by atoms with van der Waals surface area (Å²) in [7, 11) is 0. The molecular formula is C15H14N2O2. The minimum atomic E-state index is -0.192. The Morgan fingerprint density at radius 2 is 2.00 bits per heavy atom. The van der Waals surface area contributed by atoms with Gasteiger partial charge in [0.25, 0.3) is 5.91 Å². The molecule has 0 atom stereocenters. The topological polar surface area (TPSA) is 66.0 Å². The summed E-state index contributed by atoms with van der Waals surface area (Å²) < 4.78 is 5.33. The van der Waals surface area contributed by atoms with Crippen LogP contribution in [-0.2, 0) is 6.42 Å². The lowest BCUT2D eigenvalue weighted by Gasteiger charge is -2.04. The largest absolute Gasteiger partial charge is 0.466 e. The predicted octanol–water partition coefficient (Wildman–Crippen LogP) is 3.21. The summed E-state index contributed by atoms with van der Waals surface area (Å²) in [6.45, 7) is 3.57. The van der Waals surface area contributed by atoms with Gasteiger partial charge in [0, 0.05) is 5.69 Å². The number of rotatable bonds is 3. The molecule has 2 aromatic rings. The zero-order valence-corrected chi connectivity index (χ0v) is 10.9. The summed E-state index contributed by atoms with van der Waals surface area (Å²) in [5, 5.41) is 11.4. The van der Waals surface area contributed by atoms with Gasteiger partial charge in [0.15, 0.2) is 0 Å². The first-order chi connectivity index (χ1) is 9.10. The lowest BCUT2D eigenvalue weighted by Crippen LogP contribution is -2.12. The maximum atomic E-state index is 12.0. The lowest BCUT2D eigenvalue weighted by molar-refractivity contribution is 0.102. The first-order valence-corrected chi connectivity index (χ1v) is 5.94. The molecule has 2 rings (SSSR count). The molecule has 1 N–H and O–H groups in total. The number of carbonyl (C=O) groups excluding carboxylic acids is 1. The molecule has 4 nitrogen and oxygen atoms in total. The van der Waals surface area contributed by atoms with Crippen molar-refractivity contribution in [2.75, 3.05) is 5.32 Å². The van der Waals surface area contributed by atoms with Gasteiger partial charge in [0.2, 0.25) is 0 Å². The van der Waals surface area contributed by atoms with Gasteiger partial charge in [-0.15, -0.1) is 0 Å². The van der Waals surface area contributed by atoms with Crippen molar-refractivity contribution in [3.8, 4) is 6.07 Å². The van der Waals surface area contributed by atoms with Gasteiger partial charge in [-0.2, -0.15) is 5.26 Å². The quantitative estimate of drug-likeness (QED) is 0.914. The summed E-state index contributed by atoms with van der Waals surface area (Å²) >= 11 is 0. The van der Waals surface area contributed by atoms with E-state index in [0.29, 0.717) is 29.2 Å². The van der Waals surface area contributed by atoms with E-state index in [0.717, 1.165) is 5.56 Å². The summed E-state index contributed by atoms with van der Waals surface area (Å²) in [6.07, 6.45) is 0.369. The molecule has 4 heteroatoms. The van der Waals surface area contributed by atoms with E-state index in [-0.39, 0.29) is 5.91 Å². The Hall–Kier alpha value is -2.54. The Labute approximate surface area is 111 Å². The molecule has 1 aromatic heterocycles. The normalized spacial score (nSPS) is 9.95. The van der Waals surface area contributed by atoms with Crippen molar-refractivity contribution < 1.29 is 9.21 Å². The molecule has 0 aliphatic rings. The van der Waals surface area contributed by atoms with Crippen LogP contribution in [-0.4, -0.2) is 5.91 Å². The summed E-state index contributed by atoms with van der Waals surface area (Å²) in [5.74, 6) is 1.13. The predicted molar refractivity (Wildman–Crippen MR) is 71.9 cm³/mol. The number of anilines is 1. The van der Waals surface area contributed by atoms with E-state index in [4.69, 9.17) is 9.68 Å². The van der Waals surface area contributed by atoms with Crippen LogP contribution in [0, 0.1) is 25.2 Å². The van der Waals surface area contributed by atoms with Crippen molar-refractivity contribution in [3.63, 3.8) is 0 Å². The maximum absolute atomic E-state index is 12.0. The van der Waals surface area contributed by atoms with Crippen molar-refractivity contribution >= 4 is 11.6 Å². The van der Waals surface area contributed by atoms with Crippen LogP contribution in [0.5, 0.6) is 0 Å². The molecule has 0 saturated carbocycles. The number of hydrogen-bond acceptors (Lipinski definition) is 3. The van der Waals surface area contributed by atoms with Crippen LogP contribution in [0.1, 0.15) is 27.4 Å². The standard InChI is InChI=1S/C15H14N2O2/c1-10-9-14(11(2)19-10)15(18)17-13-5-3-12(4-6-13)7-8-16/h3-6,9H,7H2,1-2H3,(H,17,18). The van der Waals surface area contributed by atoms with E-state index in [1.807, 2.05) is 12.1 Å². The first-order valence-electron chi connectivity index (χ1n) is 5.94. The maximum Gasteiger partial charge on any atom is 0.259 e. The molecule has 1 amide bonds. The Bertz CT molecular complexity index is 633. The van der Waals surface area contributed by atoms with E-state index in [1.165, 1.54) is 0 Å². The van der Waals surface area contributed by atoms with Gasteiger partial charge in [-0.25, -0.2) is 0 Å². The minimum absolute atomic E-state index is 0.192. The number of nitrogens with zero attached hydrogens (tertiary/aromatic N) is 1. The van der Waals surface area contributed by atoms with Crippen molar-refractivity contribution in [1.82, 2.24) is 0 Å². The molecule has 0 bridgehead atoms. The number of nitriles is 1. The fourth-order valence-electron chi connectivity index (χ4n) is 1.85. The summed E-state index contributed by atoms with van der Waals surface area (Å²) in [6, 6.07) is 11.0. The Kier molecular flexibility index (Phi) is 3.67. The number of aryl methyl sites for hydroxylation is 2. The zero-order chi connectivity index (χ0) is 13.8. The third-order valence-electron chi connectivity index (χ3n) is 2.78. The van der Waals surface area contributed by atoms with Crippen molar-refractivity contribution in [2.45, 2.75) is 20.3 Å². The van der Waals surface area contributed by atoms with Gasteiger partial charge >= 0.3 is 0 Å². The molecule has 0 fully saturated rings. The van der Waals surface area contributed by atoms with Gasteiger partial charge in [-0.1, -0.05) is 12.1 Å². The first kappa shape index (κ1) is 12.9. The third kappa shape index (κ3) is 3.02. The lowest BCUT2D eigenvalue weighted by atomic mass is 10.1. The average Bonchev–Trinajstić information content (AvgIpc) is 2.71. The number of hydrogen-bond donors (Lipinski definition) is 1. The van der Waals surface area contributed by atoms with Gasteiger partial charge in [-0.05, 0) is 37.6 Å². The highest BCUT2D eigenvalue weighted by molar-refractivity contribution is 6.05. The third-order valence-corrected chi connectivity index (χ3v) is 2.78. The van der Waals surface area contributed by atoms with Crippen molar-refractivity contribution in [1.29, 1.82) is 5.26 Å². The van der Waals surface area contributed by atoms with Gasteiger partial charge in [0.1, 0.15) is 11.5 Å². The van der Waals surface area contributed by atoms with Crippen LogP contribution >= 0.6 is 0 Å². The monoisotopic (exact) mass is 254 g/mol. The summed E-state index contributed by atoms with van der Waals surface area (Å²) in [4.78, 5) is 12.0. The summed E-state index contributed by atoms with van der Waals surface area (Å²) in [5.41, 5.74) is 2.17. The van der Waals surface area contributed by atoms with Gasteiger partial charge in [-0.3, -0.25) is 4.79 Å². The minimum Gasteiger partial charge on any atom is -0.466 e. The highest BCUT2D eigenvalue weighted by Gasteiger charge is 2.13. The molecular weight excluding hydrogens is 240 g/mol. The van der Waals surface area contributed by atoms with Gasteiger partial charge in [0.05, 0.1) is 18.1 Å². The van der Waals surface area contributed by atoms with Crippen LogP contribution in [0.25, 0.3) is 0 Å². The molecule has 0 saturated heterocycles. The molecule has 0 spiro atoms. The molecule has 0 unspecified atom stereocenters. The molecule has 0 radical (unpaired) electrons. The van der Waals surface area contributed by atoms with Crippen LogP contribution in [0.3, 0.4) is 0 Å². The smallest absolute Gasteiger partial charge is 0.259 e. The molecule has 1 aromatic carbocycles. The Morgan fingerprint density at radius 3 is 2.53 bits per heavy atom. The average molecular weight is 254 g/mol. The van der Waals surface area contributed by atoms with E-state index >= 15 is 0 Å². The van der Waals surface area contributed by atoms with Gasteiger partial charge < -0.3 is 9.73 Å². The number of carbonyl (C=O) groups is 1. The Balaban J connectivity index is 2.11. The van der Waals surface area contributed by atoms with Crippen LogP contribution in [0.15, 0.2) is 34.7 Å². The zero-order valence-electron chi connectivity index (χ0n) is 10.9. The SMILES string of the molecule is Cc1cc(C(=O)Nc2ccc(CC#N)cc2)c(C)o1. The van der Waals surface area contributed by atoms with Crippen LogP contribution < -0.4 is 5.32 Å². The second-order valence-electron chi connectivity index (χ2n) is 4.31. The molecule has 0 aliphatic carbocycles. The highest BCUT2D eigenvalue weighted by Crippen LogP contribution is 2.16. The van der Waals surface area contributed by atoms with Crippen LogP contribution in [0.4, 0.5) is 5.69 Å². The number of furan rings is 1. The second kappa shape index (κ2) is 5.40. The second-order valence-corrected chi connectivity index (χ2v) is 4.31. The van der Waals surface area contributed by atoms with E-state index in [9.17, 15) is 4.79 Å². The fraction of sp³-hybridized carbons (Fsp3) is 0.200. The van der Waals surface area contributed by atoms with Crippen molar-refractivity contribution in [3.05, 3.63) is 53.0 Å². The highest BCUT2D eigenvalue weighted by atomic mass is 16.3. The molecule has 19 heavy (non-hydrogen) atoms. The van der Waals surface area contributed by atoms with Crippen molar-refractivity contribution in [2.24, 2.45) is 0 Å². The molecule has 1 heterocycles. The number of benzene rings is 1. The molecule has 0 aliphatic heterocycles.